The summed E-state index contributed by atoms with van der Waals surface area (Å²) in [5.41, 5.74) is 0.494. The quantitative estimate of drug-likeness (QED) is 0.920. The van der Waals surface area contributed by atoms with E-state index >= 15 is 0 Å². The number of nitrogens with zero attached hydrogens (tertiary/aromatic N) is 1. The third-order valence-corrected chi connectivity index (χ3v) is 2.68. The van der Waals surface area contributed by atoms with Crippen molar-refractivity contribution >= 4 is 21.6 Å². The Bertz CT molecular complexity index is 410. The van der Waals surface area contributed by atoms with Gasteiger partial charge in [-0.25, -0.2) is 0 Å². The normalized spacial score (nSPS) is 10.7. The van der Waals surface area contributed by atoms with Crippen LogP contribution in [-0.2, 0) is 0 Å². The highest BCUT2D eigenvalue weighted by Crippen LogP contribution is 2.28. The lowest BCUT2D eigenvalue weighted by Crippen LogP contribution is -2.21. The highest BCUT2D eigenvalue weighted by Gasteiger charge is 2.16. The van der Waals surface area contributed by atoms with Crippen LogP contribution in [0.2, 0.25) is 0 Å². The molecule has 0 atom stereocenters. The average Bonchev–Trinajstić information content (AvgIpc) is 2.27. The molecule has 0 unspecified atom stereocenters. The molecular formula is C12H15BrN2O. The van der Waals surface area contributed by atoms with Crippen molar-refractivity contribution < 1.29 is 4.74 Å². The van der Waals surface area contributed by atoms with Crippen molar-refractivity contribution in [1.82, 2.24) is 0 Å². The summed E-state index contributed by atoms with van der Waals surface area (Å²) >= 11 is 3.40. The van der Waals surface area contributed by atoms with Gasteiger partial charge < -0.3 is 10.1 Å². The molecule has 0 aromatic heterocycles. The first kappa shape index (κ1) is 12.9. The fraction of sp³-hybridized carbons (Fsp3) is 0.417. The number of nitrogens with one attached hydrogen (secondary N) is 1. The van der Waals surface area contributed by atoms with Crippen LogP contribution in [0.1, 0.15) is 13.8 Å². The summed E-state index contributed by atoms with van der Waals surface area (Å²) in [6.07, 6.45) is 0. The molecule has 0 bridgehead atoms. The third kappa shape index (κ3) is 3.42. The largest absolute Gasteiger partial charge is 0.495 e. The Kier molecular flexibility index (Phi) is 4.19. The van der Waals surface area contributed by atoms with Crippen LogP contribution in [-0.4, -0.2) is 13.7 Å². The summed E-state index contributed by atoms with van der Waals surface area (Å²) in [5, 5.41) is 12.1. The van der Waals surface area contributed by atoms with Gasteiger partial charge in [0, 0.05) is 11.0 Å². The maximum Gasteiger partial charge on any atom is 0.142 e. The standard InChI is InChI=1S/C12H15BrN2O/c1-12(2,7-14)8-15-10-6-9(13)4-5-11(10)16-3/h4-6,15H,8H2,1-3H3. The maximum absolute atomic E-state index is 8.92. The Morgan fingerprint density at radius 1 is 1.50 bits per heavy atom. The van der Waals surface area contributed by atoms with E-state index in [1.807, 2.05) is 32.0 Å². The van der Waals surface area contributed by atoms with E-state index in [1.165, 1.54) is 0 Å². The summed E-state index contributed by atoms with van der Waals surface area (Å²) in [6, 6.07) is 7.98. The summed E-state index contributed by atoms with van der Waals surface area (Å²) in [5.74, 6) is 0.775. The number of ether oxygens (including phenoxy) is 1. The minimum Gasteiger partial charge on any atom is -0.495 e. The first-order chi connectivity index (χ1) is 7.48. The van der Waals surface area contributed by atoms with Crippen LogP contribution < -0.4 is 10.1 Å². The van der Waals surface area contributed by atoms with Gasteiger partial charge >= 0.3 is 0 Å². The Balaban J connectivity index is 2.81. The number of nitriles is 1. The molecule has 1 aromatic carbocycles. The van der Waals surface area contributed by atoms with Crippen molar-refractivity contribution in [3.05, 3.63) is 22.7 Å². The molecule has 0 amide bonds. The molecule has 1 aromatic rings. The number of rotatable bonds is 4. The highest BCUT2D eigenvalue weighted by molar-refractivity contribution is 9.10. The second-order valence-corrected chi connectivity index (χ2v) is 5.11. The van der Waals surface area contributed by atoms with E-state index < -0.39 is 5.41 Å². The van der Waals surface area contributed by atoms with Gasteiger partial charge in [0.2, 0.25) is 0 Å². The fourth-order valence-corrected chi connectivity index (χ4v) is 1.54. The molecule has 0 radical (unpaired) electrons. The zero-order chi connectivity index (χ0) is 12.2. The number of hydrogen-bond acceptors (Lipinski definition) is 3. The van der Waals surface area contributed by atoms with Crippen LogP contribution in [0.25, 0.3) is 0 Å². The average molecular weight is 283 g/mol. The van der Waals surface area contributed by atoms with Gasteiger partial charge in [-0.1, -0.05) is 15.9 Å². The first-order valence-electron chi connectivity index (χ1n) is 4.97. The lowest BCUT2D eigenvalue weighted by Gasteiger charge is -2.18. The van der Waals surface area contributed by atoms with Gasteiger partial charge in [-0.2, -0.15) is 5.26 Å². The molecule has 0 heterocycles. The van der Waals surface area contributed by atoms with Crippen LogP contribution in [0.3, 0.4) is 0 Å². The Hall–Kier alpha value is -1.21. The van der Waals surface area contributed by atoms with Gasteiger partial charge in [0.15, 0.2) is 0 Å². The molecule has 0 aliphatic carbocycles. The molecule has 0 saturated heterocycles. The van der Waals surface area contributed by atoms with Gasteiger partial charge in [0.1, 0.15) is 5.75 Å². The molecule has 0 fully saturated rings. The number of methoxy groups -OCH3 is 1. The van der Waals surface area contributed by atoms with Crippen molar-refractivity contribution in [3.8, 4) is 11.8 Å². The second-order valence-electron chi connectivity index (χ2n) is 4.19. The first-order valence-corrected chi connectivity index (χ1v) is 5.76. The lowest BCUT2D eigenvalue weighted by molar-refractivity contribution is 0.415. The van der Waals surface area contributed by atoms with Crippen molar-refractivity contribution in [2.45, 2.75) is 13.8 Å². The molecule has 16 heavy (non-hydrogen) atoms. The van der Waals surface area contributed by atoms with E-state index in [2.05, 4.69) is 27.3 Å². The minimum absolute atomic E-state index is 0.396. The Labute approximate surface area is 105 Å². The Morgan fingerprint density at radius 3 is 2.75 bits per heavy atom. The van der Waals surface area contributed by atoms with E-state index in [4.69, 9.17) is 10.00 Å². The zero-order valence-electron chi connectivity index (χ0n) is 9.67. The van der Waals surface area contributed by atoms with Gasteiger partial charge in [0.05, 0.1) is 24.3 Å². The van der Waals surface area contributed by atoms with Crippen LogP contribution in [0.4, 0.5) is 5.69 Å². The predicted octanol–water partition coefficient (Wildman–Crippen LogP) is 3.42. The number of benzene rings is 1. The monoisotopic (exact) mass is 282 g/mol. The molecular weight excluding hydrogens is 268 g/mol. The van der Waals surface area contributed by atoms with Gasteiger partial charge in [0.25, 0.3) is 0 Å². The molecule has 86 valence electrons. The summed E-state index contributed by atoms with van der Waals surface area (Å²) in [4.78, 5) is 0. The molecule has 0 saturated carbocycles. The molecule has 0 aliphatic heterocycles. The molecule has 1 N–H and O–H groups in total. The fourth-order valence-electron chi connectivity index (χ4n) is 1.17. The van der Waals surface area contributed by atoms with E-state index in [0.717, 1.165) is 15.9 Å². The molecule has 1 rings (SSSR count). The van der Waals surface area contributed by atoms with E-state index in [9.17, 15) is 0 Å². The highest BCUT2D eigenvalue weighted by atomic mass is 79.9. The van der Waals surface area contributed by atoms with Gasteiger partial charge in [-0.15, -0.1) is 0 Å². The van der Waals surface area contributed by atoms with Crippen molar-refractivity contribution in [1.29, 1.82) is 5.26 Å². The summed E-state index contributed by atoms with van der Waals surface area (Å²) < 4.78 is 6.21. The van der Waals surface area contributed by atoms with Crippen molar-refractivity contribution in [2.24, 2.45) is 5.41 Å². The van der Waals surface area contributed by atoms with Crippen LogP contribution >= 0.6 is 15.9 Å². The van der Waals surface area contributed by atoms with Crippen molar-refractivity contribution in [2.75, 3.05) is 19.0 Å². The number of hydrogen-bond donors (Lipinski definition) is 1. The smallest absolute Gasteiger partial charge is 0.142 e. The summed E-state index contributed by atoms with van der Waals surface area (Å²) in [7, 11) is 1.63. The Morgan fingerprint density at radius 2 is 2.19 bits per heavy atom. The van der Waals surface area contributed by atoms with Gasteiger partial charge in [-0.3, -0.25) is 0 Å². The molecule has 3 nitrogen and oxygen atoms in total. The number of halogens is 1. The van der Waals surface area contributed by atoms with Gasteiger partial charge in [-0.05, 0) is 32.0 Å². The van der Waals surface area contributed by atoms with Crippen LogP contribution in [0.15, 0.2) is 22.7 Å². The van der Waals surface area contributed by atoms with E-state index in [-0.39, 0.29) is 0 Å². The summed E-state index contributed by atoms with van der Waals surface area (Å²) in [6.45, 7) is 4.37. The van der Waals surface area contributed by atoms with E-state index in [1.54, 1.807) is 7.11 Å². The second kappa shape index (κ2) is 5.22. The molecule has 0 spiro atoms. The van der Waals surface area contributed by atoms with Crippen molar-refractivity contribution in [3.63, 3.8) is 0 Å². The van der Waals surface area contributed by atoms with E-state index in [0.29, 0.717) is 6.54 Å². The maximum atomic E-state index is 8.92. The molecule has 4 heteroatoms. The lowest BCUT2D eigenvalue weighted by atomic mass is 9.96. The minimum atomic E-state index is -0.396. The van der Waals surface area contributed by atoms with Crippen LogP contribution in [0, 0.1) is 16.7 Å². The zero-order valence-corrected chi connectivity index (χ0v) is 11.3. The molecule has 0 aliphatic rings. The number of anilines is 1. The topological polar surface area (TPSA) is 45.0 Å². The predicted molar refractivity (Wildman–Crippen MR) is 68.6 cm³/mol. The SMILES string of the molecule is COc1ccc(Br)cc1NCC(C)(C)C#N. The third-order valence-electron chi connectivity index (χ3n) is 2.18. The van der Waals surface area contributed by atoms with Crippen LogP contribution in [0.5, 0.6) is 5.75 Å².